The Hall–Kier alpha value is -2.56. The number of nitrogens with zero attached hydrogens (tertiary/aromatic N) is 4. The molecule has 1 aliphatic heterocycles. The minimum atomic E-state index is -2.94. The Morgan fingerprint density at radius 1 is 1.15 bits per heavy atom. The van der Waals surface area contributed by atoms with E-state index in [1.165, 1.54) is 6.26 Å². The Morgan fingerprint density at radius 3 is 2.48 bits per heavy atom. The molecule has 40 heavy (non-hydrogen) atoms. The van der Waals surface area contributed by atoms with E-state index in [1.54, 1.807) is 6.20 Å². The highest BCUT2D eigenvalue weighted by atomic mass is 32.2. The molecule has 1 saturated heterocycles. The zero-order valence-corrected chi connectivity index (χ0v) is 26.6. The number of benzene rings is 1. The molecule has 1 aliphatic carbocycles. The van der Waals surface area contributed by atoms with Crippen molar-refractivity contribution in [3.8, 4) is 11.3 Å². The van der Waals surface area contributed by atoms with Crippen LogP contribution in [0.5, 0.6) is 0 Å². The van der Waals surface area contributed by atoms with Gasteiger partial charge in [0.15, 0.2) is 11.4 Å². The third-order valence-electron chi connectivity index (χ3n) is 8.09. The van der Waals surface area contributed by atoms with Gasteiger partial charge >= 0.3 is 0 Å². The number of fused-ring (bicyclic) bond motifs is 2. The number of piperidine rings is 1. The lowest BCUT2D eigenvalue weighted by molar-refractivity contribution is 0.0849. The first-order valence-corrected chi connectivity index (χ1v) is 19.9. The SMILES string of the molecule is CC(C)(C)C(=O)c1cn(COCC[Si](C)(C)C)c2ncc(-c3cccc(N4C[C@@H]5C(CS(C)(=O)=O)[C@@H]5C4)c3)nc12. The fraction of sp³-hybridized carbons (Fsp3) is 0.567. The van der Waals surface area contributed by atoms with Crippen molar-refractivity contribution in [1.29, 1.82) is 0 Å². The summed E-state index contributed by atoms with van der Waals surface area (Å²) in [5.74, 6) is 1.52. The number of anilines is 1. The zero-order valence-electron chi connectivity index (χ0n) is 24.8. The Labute approximate surface area is 239 Å². The molecule has 8 nitrogen and oxygen atoms in total. The first-order valence-electron chi connectivity index (χ1n) is 14.1. The van der Waals surface area contributed by atoms with Crippen molar-refractivity contribution in [1.82, 2.24) is 14.5 Å². The van der Waals surface area contributed by atoms with E-state index in [0.717, 1.165) is 30.4 Å². The quantitative estimate of drug-likeness (QED) is 0.180. The molecule has 3 aromatic rings. The summed E-state index contributed by atoms with van der Waals surface area (Å²) >= 11 is 0. The summed E-state index contributed by atoms with van der Waals surface area (Å²) in [6.45, 7) is 15.5. The predicted octanol–water partition coefficient (Wildman–Crippen LogP) is 5.37. The number of carbonyl (C=O) groups is 1. The molecule has 0 spiro atoms. The number of aromatic nitrogens is 3. The van der Waals surface area contributed by atoms with Crippen LogP contribution < -0.4 is 4.90 Å². The van der Waals surface area contributed by atoms with Crippen LogP contribution in [0.4, 0.5) is 5.69 Å². The summed E-state index contributed by atoms with van der Waals surface area (Å²) in [4.78, 5) is 25.5. The maximum atomic E-state index is 13.4. The van der Waals surface area contributed by atoms with Crippen LogP contribution >= 0.6 is 0 Å². The van der Waals surface area contributed by atoms with Gasteiger partial charge in [-0.05, 0) is 35.9 Å². The lowest BCUT2D eigenvalue weighted by atomic mass is 9.87. The monoisotopic (exact) mass is 582 g/mol. The molecular weight excluding hydrogens is 541 g/mol. The predicted molar refractivity (Wildman–Crippen MR) is 163 cm³/mol. The first-order chi connectivity index (χ1) is 18.6. The highest BCUT2D eigenvalue weighted by molar-refractivity contribution is 7.90. The third-order valence-corrected chi connectivity index (χ3v) is 10.8. The van der Waals surface area contributed by atoms with Crippen LogP contribution in [0.15, 0.2) is 36.7 Å². The topological polar surface area (TPSA) is 94.4 Å². The van der Waals surface area contributed by atoms with Gasteiger partial charge in [-0.2, -0.15) is 0 Å². The Morgan fingerprint density at radius 2 is 1.85 bits per heavy atom. The molecule has 0 amide bonds. The minimum Gasteiger partial charge on any atom is -0.371 e. The summed E-state index contributed by atoms with van der Waals surface area (Å²) in [7, 11) is -4.15. The maximum absolute atomic E-state index is 13.4. The van der Waals surface area contributed by atoms with Gasteiger partial charge in [0, 0.05) is 56.9 Å². The standard InChI is InChI=1S/C30H42N4O4SSi/c1-30(2,3)28(35)24-17-34(19-38-11-12-40(5,6)7)29-27(24)32-26(14-31-29)20-9-8-10-21(13-20)33-15-22-23(16-33)25(22)18-39(4,36)37/h8-10,13-14,17,22-23,25H,11-12,15-16,18-19H2,1-7H3/t22-,23+,25?. The van der Waals surface area contributed by atoms with E-state index in [0.29, 0.717) is 59.3 Å². The van der Waals surface area contributed by atoms with Crippen molar-refractivity contribution in [2.75, 3.05) is 36.6 Å². The Kier molecular flexibility index (Phi) is 7.50. The van der Waals surface area contributed by atoms with E-state index in [4.69, 9.17) is 14.7 Å². The van der Waals surface area contributed by atoms with Crippen LogP contribution in [0.25, 0.3) is 22.4 Å². The number of ketones is 1. The molecule has 3 atom stereocenters. The summed E-state index contributed by atoms with van der Waals surface area (Å²) < 4.78 is 31.4. The van der Waals surface area contributed by atoms with Gasteiger partial charge < -0.3 is 14.2 Å². The lowest BCUT2D eigenvalue weighted by Gasteiger charge is -2.22. The van der Waals surface area contributed by atoms with Gasteiger partial charge in [0.05, 0.1) is 23.2 Å². The van der Waals surface area contributed by atoms with E-state index < -0.39 is 23.3 Å². The molecule has 5 rings (SSSR count). The Bertz CT molecular complexity index is 1530. The summed E-state index contributed by atoms with van der Waals surface area (Å²) in [5, 5.41) is 0. The summed E-state index contributed by atoms with van der Waals surface area (Å²) in [5.41, 5.74) is 4.02. The highest BCUT2D eigenvalue weighted by Crippen LogP contribution is 2.53. The number of Topliss-reactive ketones (excluding diaryl/α,β-unsaturated/α-hetero) is 1. The van der Waals surface area contributed by atoms with Gasteiger partial charge in [0.1, 0.15) is 22.1 Å². The number of ether oxygens (including phenoxy) is 1. The van der Waals surface area contributed by atoms with E-state index in [-0.39, 0.29) is 5.78 Å². The van der Waals surface area contributed by atoms with Gasteiger partial charge in [-0.1, -0.05) is 52.5 Å². The van der Waals surface area contributed by atoms with Crippen molar-refractivity contribution < 1.29 is 17.9 Å². The van der Waals surface area contributed by atoms with Crippen molar-refractivity contribution in [3.05, 3.63) is 42.2 Å². The number of sulfone groups is 1. The molecule has 1 aromatic carbocycles. The highest BCUT2D eigenvalue weighted by Gasteiger charge is 2.56. The molecule has 10 heteroatoms. The number of hydrogen-bond acceptors (Lipinski definition) is 7. The lowest BCUT2D eigenvalue weighted by Crippen LogP contribution is -2.25. The van der Waals surface area contributed by atoms with E-state index in [9.17, 15) is 13.2 Å². The molecule has 1 unspecified atom stereocenters. The molecule has 3 heterocycles. The van der Waals surface area contributed by atoms with Crippen LogP contribution in [-0.2, 0) is 21.3 Å². The van der Waals surface area contributed by atoms with Gasteiger partial charge in [0.2, 0.25) is 0 Å². The van der Waals surface area contributed by atoms with Gasteiger partial charge in [-0.3, -0.25) is 4.79 Å². The first kappa shape index (κ1) is 28.9. The molecule has 0 radical (unpaired) electrons. The number of carbonyl (C=O) groups excluding carboxylic acids is 1. The van der Waals surface area contributed by atoms with Crippen LogP contribution in [-0.4, -0.2) is 68.5 Å². The van der Waals surface area contributed by atoms with Crippen LogP contribution in [0.1, 0.15) is 31.1 Å². The van der Waals surface area contributed by atoms with E-state index in [1.807, 2.05) is 43.7 Å². The van der Waals surface area contributed by atoms with Crippen molar-refractivity contribution in [2.45, 2.75) is 53.2 Å². The van der Waals surface area contributed by atoms with E-state index in [2.05, 4.69) is 36.7 Å². The second-order valence-corrected chi connectivity index (χ2v) is 21.7. The molecule has 216 valence electrons. The van der Waals surface area contributed by atoms with Gasteiger partial charge in [-0.15, -0.1) is 0 Å². The second-order valence-electron chi connectivity index (χ2n) is 13.9. The minimum absolute atomic E-state index is 0.0264. The Balaban J connectivity index is 1.39. The van der Waals surface area contributed by atoms with Crippen molar-refractivity contribution in [3.63, 3.8) is 0 Å². The fourth-order valence-corrected chi connectivity index (χ4v) is 7.67. The van der Waals surface area contributed by atoms with Gasteiger partial charge in [-0.25, -0.2) is 18.4 Å². The van der Waals surface area contributed by atoms with Crippen molar-refractivity contribution >= 4 is 40.5 Å². The third kappa shape index (κ3) is 6.34. The van der Waals surface area contributed by atoms with Gasteiger partial charge in [0.25, 0.3) is 0 Å². The second kappa shape index (κ2) is 10.4. The zero-order chi connectivity index (χ0) is 29.0. The van der Waals surface area contributed by atoms with Crippen LogP contribution in [0, 0.1) is 23.2 Å². The van der Waals surface area contributed by atoms with Crippen LogP contribution in [0.3, 0.4) is 0 Å². The molecule has 2 aliphatic rings. The fourth-order valence-electron chi connectivity index (χ4n) is 5.72. The van der Waals surface area contributed by atoms with Crippen molar-refractivity contribution in [2.24, 2.45) is 23.2 Å². The smallest absolute Gasteiger partial charge is 0.171 e. The van der Waals surface area contributed by atoms with E-state index >= 15 is 0 Å². The average molecular weight is 583 g/mol. The number of hydrogen-bond donors (Lipinski definition) is 0. The molecule has 2 aromatic heterocycles. The summed E-state index contributed by atoms with van der Waals surface area (Å²) in [6.07, 6.45) is 4.95. The number of rotatable bonds is 10. The molecule has 2 fully saturated rings. The molecular formula is C30H42N4O4SSi. The normalized spacial score (nSPS) is 21.2. The molecule has 1 saturated carbocycles. The van der Waals surface area contributed by atoms with Crippen LogP contribution in [0.2, 0.25) is 25.7 Å². The summed E-state index contributed by atoms with van der Waals surface area (Å²) in [6, 6.07) is 9.32. The largest absolute Gasteiger partial charge is 0.371 e. The average Bonchev–Trinajstić information content (AvgIpc) is 3.20. The molecule has 0 N–H and O–H groups in total. The molecule has 0 bridgehead atoms. The maximum Gasteiger partial charge on any atom is 0.171 e.